The summed E-state index contributed by atoms with van der Waals surface area (Å²) >= 11 is 5.69. The summed E-state index contributed by atoms with van der Waals surface area (Å²) in [7, 11) is 0. The molecular formula is C18H13ClF3N5O4. The summed E-state index contributed by atoms with van der Waals surface area (Å²) in [5.74, 6) is -1.38. The third kappa shape index (κ3) is 6.22. The second-order valence-electron chi connectivity index (χ2n) is 5.99. The van der Waals surface area contributed by atoms with Crippen molar-refractivity contribution in [2.75, 3.05) is 11.9 Å². The summed E-state index contributed by atoms with van der Waals surface area (Å²) in [6.07, 6.45) is -2.59. The lowest BCUT2D eigenvalue weighted by Crippen LogP contribution is -2.22. The smallest absolute Gasteiger partial charge is 0.417 e. The molecule has 0 bridgehead atoms. The van der Waals surface area contributed by atoms with Gasteiger partial charge in [0, 0.05) is 18.8 Å². The number of nitrogens with zero attached hydrogens (tertiary/aromatic N) is 4. The van der Waals surface area contributed by atoms with E-state index in [0.717, 1.165) is 0 Å². The molecule has 0 aliphatic heterocycles. The number of halogens is 4. The van der Waals surface area contributed by atoms with Crippen LogP contribution in [0, 0.1) is 0 Å². The van der Waals surface area contributed by atoms with Crippen LogP contribution in [0.15, 0.2) is 41.2 Å². The van der Waals surface area contributed by atoms with Gasteiger partial charge in [0.15, 0.2) is 12.4 Å². The minimum atomic E-state index is -4.62. The molecule has 0 unspecified atom stereocenters. The number of hydrogen-bond donors (Lipinski definition) is 1. The maximum atomic E-state index is 12.6. The number of aryl methyl sites for hydroxylation is 1. The summed E-state index contributed by atoms with van der Waals surface area (Å²) in [6, 6.07) is 5.81. The van der Waals surface area contributed by atoms with E-state index in [0.29, 0.717) is 18.0 Å². The van der Waals surface area contributed by atoms with Crippen molar-refractivity contribution in [3.05, 3.63) is 53.1 Å². The third-order valence-electron chi connectivity index (χ3n) is 3.70. The van der Waals surface area contributed by atoms with Crippen LogP contribution in [0.2, 0.25) is 5.02 Å². The van der Waals surface area contributed by atoms with E-state index in [1.54, 1.807) is 24.4 Å². The Balaban J connectivity index is 1.45. The Hall–Kier alpha value is -3.54. The molecule has 0 saturated carbocycles. The lowest BCUT2D eigenvalue weighted by Gasteiger charge is -2.10. The molecule has 0 aromatic carbocycles. The van der Waals surface area contributed by atoms with Gasteiger partial charge in [0.1, 0.15) is 5.69 Å². The van der Waals surface area contributed by atoms with Crippen molar-refractivity contribution >= 4 is 29.3 Å². The molecule has 162 valence electrons. The first kappa shape index (κ1) is 22.2. The average molecular weight is 456 g/mol. The van der Waals surface area contributed by atoms with Crippen LogP contribution in [-0.2, 0) is 26.9 Å². The van der Waals surface area contributed by atoms with E-state index < -0.39 is 35.2 Å². The molecule has 0 spiro atoms. The number of anilines is 1. The number of carbonyl (C=O) groups excluding carboxylic acids is 2. The predicted octanol–water partition coefficient (Wildman–Crippen LogP) is 3.31. The first-order chi connectivity index (χ1) is 14.7. The van der Waals surface area contributed by atoms with Gasteiger partial charge in [-0.05, 0) is 18.2 Å². The summed E-state index contributed by atoms with van der Waals surface area (Å²) in [5.41, 5.74) is -0.554. The summed E-state index contributed by atoms with van der Waals surface area (Å²) in [5, 5.41) is 5.52. The molecular weight excluding hydrogens is 443 g/mol. The largest absolute Gasteiger partial charge is 0.456 e. The number of alkyl halides is 3. The van der Waals surface area contributed by atoms with Crippen LogP contribution in [0.1, 0.15) is 17.9 Å². The van der Waals surface area contributed by atoms with E-state index in [1.807, 2.05) is 0 Å². The van der Waals surface area contributed by atoms with Gasteiger partial charge in [-0.25, -0.2) is 4.98 Å². The molecule has 0 aliphatic carbocycles. The Morgan fingerprint density at radius 3 is 2.71 bits per heavy atom. The molecule has 3 rings (SSSR count). The van der Waals surface area contributed by atoms with E-state index in [2.05, 4.69) is 25.4 Å². The van der Waals surface area contributed by atoms with Gasteiger partial charge in [-0.1, -0.05) is 22.8 Å². The van der Waals surface area contributed by atoms with Gasteiger partial charge in [-0.2, -0.15) is 18.2 Å². The summed E-state index contributed by atoms with van der Waals surface area (Å²) < 4.78 is 47.6. The van der Waals surface area contributed by atoms with E-state index >= 15 is 0 Å². The van der Waals surface area contributed by atoms with Gasteiger partial charge in [-0.15, -0.1) is 0 Å². The fourth-order valence-corrected chi connectivity index (χ4v) is 2.45. The molecule has 9 nitrogen and oxygen atoms in total. The maximum absolute atomic E-state index is 12.6. The first-order valence-electron chi connectivity index (χ1n) is 8.64. The van der Waals surface area contributed by atoms with Crippen LogP contribution in [0.5, 0.6) is 0 Å². The minimum Gasteiger partial charge on any atom is -0.456 e. The Morgan fingerprint density at radius 2 is 2.03 bits per heavy atom. The lowest BCUT2D eigenvalue weighted by molar-refractivity contribution is -0.147. The van der Waals surface area contributed by atoms with Crippen molar-refractivity contribution in [2.45, 2.75) is 19.0 Å². The first-order valence-corrected chi connectivity index (χ1v) is 9.02. The number of ether oxygens (including phenoxy) is 1. The predicted molar refractivity (Wildman–Crippen MR) is 99.7 cm³/mol. The molecule has 1 N–H and O–H groups in total. The number of esters is 1. The molecule has 0 aliphatic rings. The highest BCUT2D eigenvalue weighted by molar-refractivity contribution is 6.33. The molecule has 3 heterocycles. The SMILES string of the molecule is O=C(COC(=O)CCc1nc(-c2ccccn2)no1)Nc1ncc(C(F)(F)F)cc1Cl. The highest BCUT2D eigenvalue weighted by Gasteiger charge is 2.31. The topological polar surface area (TPSA) is 120 Å². The van der Waals surface area contributed by atoms with Crippen LogP contribution in [-0.4, -0.2) is 38.6 Å². The van der Waals surface area contributed by atoms with Crippen molar-refractivity contribution in [1.29, 1.82) is 0 Å². The average Bonchev–Trinajstić information content (AvgIpc) is 3.21. The minimum absolute atomic E-state index is 0.0760. The summed E-state index contributed by atoms with van der Waals surface area (Å²) in [4.78, 5) is 35.3. The lowest BCUT2D eigenvalue weighted by atomic mass is 10.3. The molecule has 31 heavy (non-hydrogen) atoms. The van der Waals surface area contributed by atoms with Crippen LogP contribution in [0.25, 0.3) is 11.5 Å². The number of rotatable bonds is 7. The maximum Gasteiger partial charge on any atom is 0.417 e. The van der Waals surface area contributed by atoms with Crippen LogP contribution >= 0.6 is 11.6 Å². The van der Waals surface area contributed by atoms with Gasteiger partial charge >= 0.3 is 12.1 Å². The van der Waals surface area contributed by atoms with Crippen molar-refractivity contribution in [2.24, 2.45) is 0 Å². The molecule has 3 aromatic rings. The number of aromatic nitrogens is 4. The van der Waals surface area contributed by atoms with Crippen molar-refractivity contribution < 1.29 is 32.0 Å². The highest BCUT2D eigenvalue weighted by atomic mass is 35.5. The van der Waals surface area contributed by atoms with Gasteiger partial charge in [-0.3, -0.25) is 14.6 Å². The Kier molecular flexibility index (Phi) is 6.80. The van der Waals surface area contributed by atoms with Gasteiger partial charge in [0.25, 0.3) is 5.91 Å². The second kappa shape index (κ2) is 9.51. The van der Waals surface area contributed by atoms with Gasteiger partial charge in [0.05, 0.1) is 17.0 Å². The van der Waals surface area contributed by atoms with Crippen LogP contribution in [0.3, 0.4) is 0 Å². The summed E-state index contributed by atoms with van der Waals surface area (Å²) in [6.45, 7) is -0.680. The van der Waals surface area contributed by atoms with Crippen molar-refractivity contribution in [1.82, 2.24) is 20.1 Å². The molecule has 0 radical (unpaired) electrons. The van der Waals surface area contributed by atoms with Crippen molar-refractivity contribution in [3.63, 3.8) is 0 Å². The molecule has 3 aromatic heterocycles. The Labute approximate surface area is 177 Å². The molecule has 0 saturated heterocycles. The molecule has 13 heteroatoms. The molecule has 0 fully saturated rings. The van der Waals surface area contributed by atoms with Gasteiger partial charge in [0.2, 0.25) is 11.7 Å². The molecule has 0 atom stereocenters. The van der Waals surface area contributed by atoms with E-state index in [1.165, 1.54) is 0 Å². The number of pyridine rings is 2. The van der Waals surface area contributed by atoms with Crippen LogP contribution < -0.4 is 5.32 Å². The van der Waals surface area contributed by atoms with E-state index in [9.17, 15) is 22.8 Å². The quantitative estimate of drug-likeness (QED) is 0.539. The fourth-order valence-electron chi connectivity index (χ4n) is 2.24. The number of hydrogen-bond acceptors (Lipinski definition) is 8. The van der Waals surface area contributed by atoms with E-state index in [4.69, 9.17) is 20.9 Å². The van der Waals surface area contributed by atoms with E-state index in [-0.39, 0.29) is 30.4 Å². The third-order valence-corrected chi connectivity index (χ3v) is 3.98. The normalized spacial score (nSPS) is 11.2. The van der Waals surface area contributed by atoms with Crippen LogP contribution in [0.4, 0.5) is 19.0 Å². The Bertz CT molecular complexity index is 1080. The monoisotopic (exact) mass is 455 g/mol. The zero-order valence-corrected chi connectivity index (χ0v) is 16.3. The number of carbonyl (C=O) groups is 2. The van der Waals surface area contributed by atoms with Crippen molar-refractivity contribution in [3.8, 4) is 11.5 Å². The highest BCUT2D eigenvalue weighted by Crippen LogP contribution is 2.32. The zero-order valence-electron chi connectivity index (χ0n) is 15.5. The fraction of sp³-hybridized carbons (Fsp3) is 0.222. The number of amides is 1. The Morgan fingerprint density at radius 1 is 1.23 bits per heavy atom. The van der Waals surface area contributed by atoms with Gasteiger partial charge < -0.3 is 14.6 Å². The second-order valence-corrected chi connectivity index (χ2v) is 6.39. The standard InChI is InChI=1S/C18H13ClF3N5O4/c19-11-7-10(18(20,21)22)8-24-16(11)25-13(28)9-30-15(29)5-4-14-26-17(27-31-14)12-3-1-2-6-23-12/h1-3,6-8H,4-5,9H2,(H,24,25,28). The molecule has 1 amide bonds. The zero-order chi connectivity index (χ0) is 22.4. The number of nitrogens with one attached hydrogen (secondary N) is 1.